The minimum Gasteiger partial charge on any atom is -0.386 e. The van der Waals surface area contributed by atoms with Crippen LogP contribution < -0.4 is 0 Å². The topological polar surface area (TPSA) is 50.9 Å². The first-order valence-electron chi connectivity index (χ1n) is 5.89. The Morgan fingerprint density at radius 3 is 2.93 bits per heavy atom. The van der Waals surface area contributed by atoms with Gasteiger partial charge in [-0.15, -0.1) is 5.10 Å². The molecule has 0 aromatic carbocycles. The summed E-state index contributed by atoms with van der Waals surface area (Å²) in [5, 5.41) is 18.1. The van der Waals surface area contributed by atoms with Crippen molar-refractivity contribution in [3.05, 3.63) is 11.9 Å². The Bertz CT molecular complexity index is 305. The van der Waals surface area contributed by atoms with Crippen LogP contribution in [0.5, 0.6) is 0 Å². The van der Waals surface area contributed by atoms with Crippen LogP contribution in [0.2, 0.25) is 0 Å². The van der Waals surface area contributed by atoms with E-state index in [9.17, 15) is 5.11 Å². The first kappa shape index (κ1) is 10.6. The smallest absolute Gasteiger partial charge is 0.100 e. The van der Waals surface area contributed by atoms with Crippen LogP contribution in [-0.4, -0.2) is 20.1 Å². The molecular formula is C11H19N3O. The van der Waals surface area contributed by atoms with Crippen molar-refractivity contribution in [3.8, 4) is 0 Å². The van der Waals surface area contributed by atoms with Gasteiger partial charge in [-0.3, -0.25) is 0 Å². The van der Waals surface area contributed by atoms with E-state index in [1.165, 1.54) is 12.8 Å². The van der Waals surface area contributed by atoms with E-state index >= 15 is 0 Å². The zero-order valence-corrected chi connectivity index (χ0v) is 9.26. The van der Waals surface area contributed by atoms with Crippen molar-refractivity contribution in [3.63, 3.8) is 0 Å². The Kier molecular flexibility index (Phi) is 3.36. The molecule has 1 N–H and O–H groups in total. The van der Waals surface area contributed by atoms with Gasteiger partial charge in [0, 0.05) is 6.54 Å². The highest BCUT2D eigenvalue weighted by Gasteiger charge is 2.26. The average Bonchev–Trinajstić information content (AvgIpc) is 2.87. The molecule has 0 radical (unpaired) electrons. The van der Waals surface area contributed by atoms with Crippen LogP contribution in [0.15, 0.2) is 6.20 Å². The van der Waals surface area contributed by atoms with Crippen LogP contribution in [0.3, 0.4) is 0 Å². The van der Waals surface area contributed by atoms with Gasteiger partial charge in [0.2, 0.25) is 0 Å². The summed E-state index contributed by atoms with van der Waals surface area (Å²) in [5.74, 6) is 0.416. The highest BCUT2D eigenvalue weighted by atomic mass is 16.3. The van der Waals surface area contributed by atoms with Gasteiger partial charge in [0.15, 0.2) is 0 Å². The standard InChI is InChI=1S/C11H19N3O/c1-2-7-14-10(8-12-13-14)11(15)9-5-3-4-6-9/h8-9,11,15H,2-7H2,1H3. The molecule has 1 heterocycles. The van der Waals surface area contributed by atoms with Crippen LogP contribution in [0.25, 0.3) is 0 Å². The average molecular weight is 209 g/mol. The van der Waals surface area contributed by atoms with E-state index < -0.39 is 0 Å². The first-order chi connectivity index (χ1) is 7.33. The summed E-state index contributed by atoms with van der Waals surface area (Å²) in [6.45, 7) is 2.95. The molecule has 0 aliphatic heterocycles. The van der Waals surface area contributed by atoms with Crippen LogP contribution in [0, 0.1) is 5.92 Å². The fourth-order valence-electron chi connectivity index (χ4n) is 2.39. The SMILES string of the molecule is CCCn1nncc1C(O)C1CCCC1. The number of rotatable bonds is 4. The minimum absolute atomic E-state index is 0.367. The Morgan fingerprint density at radius 2 is 2.27 bits per heavy atom. The first-order valence-corrected chi connectivity index (χ1v) is 5.89. The van der Waals surface area contributed by atoms with Gasteiger partial charge in [-0.2, -0.15) is 0 Å². The fourth-order valence-corrected chi connectivity index (χ4v) is 2.39. The molecule has 1 fully saturated rings. The van der Waals surface area contributed by atoms with Gasteiger partial charge in [0.05, 0.1) is 11.9 Å². The fraction of sp³-hybridized carbons (Fsp3) is 0.818. The van der Waals surface area contributed by atoms with Crippen LogP contribution >= 0.6 is 0 Å². The van der Waals surface area contributed by atoms with Crippen molar-refractivity contribution in [2.24, 2.45) is 5.92 Å². The molecule has 1 aromatic heterocycles. The zero-order valence-electron chi connectivity index (χ0n) is 9.26. The molecule has 2 rings (SSSR count). The van der Waals surface area contributed by atoms with Crippen molar-refractivity contribution < 1.29 is 5.11 Å². The lowest BCUT2D eigenvalue weighted by Gasteiger charge is -2.17. The van der Waals surface area contributed by atoms with Gasteiger partial charge in [0.25, 0.3) is 0 Å². The third-order valence-electron chi connectivity index (χ3n) is 3.23. The van der Waals surface area contributed by atoms with E-state index in [0.717, 1.165) is 31.5 Å². The third-order valence-corrected chi connectivity index (χ3v) is 3.23. The number of hydrogen-bond acceptors (Lipinski definition) is 3. The van der Waals surface area contributed by atoms with E-state index in [1.54, 1.807) is 6.20 Å². The largest absolute Gasteiger partial charge is 0.386 e. The Morgan fingerprint density at radius 1 is 1.53 bits per heavy atom. The quantitative estimate of drug-likeness (QED) is 0.824. The van der Waals surface area contributed by atoms with Gasteiger partial charge < -0.3 is 5.11 Å². The summed E-state index contributed by atoms with van der Waals surface area (Å²) in [5.41, 5.74) is 0.892. The second kappa shape index (κ2) is 4.75. The van der Waals surface area contributed by atoms with E-state index in [-0.39, 0.29) is 6.10 Å². The maximum atomic E-state index is 10.2. The second-order valence-electron chi connectivity index (χ2n) is 4.37. The summed E-state index contributed by atoms with van der Waals surface area (Å²) in [4.78, 5) is 0. The van der Waals surface area contributed by atoms with Crippen molar-refractivity contribution in [2.75, 3.05) is 0 Å². The van der Waals surface area contributed by atoms with Crippen LogP contribution in [0.4, 0.5) is 0 Å². The maximum Gasteiger partial charge on any atom is 0.100 e. The summed E-state index contributed by atoms with van der Waals surface area (Å²) in [7, 11) is 0. The van der Waals surface area contributed by atoms with E-state index in [2.05, 4.69) is 17.2 Å². The van der Waals surface area contributed by atoms with Crippen LogP contribution in [-0.2, 0) is 6.54 Å². The summed E-state index contributed by atoms with van der Waals surface area (Å²) in [6.07, 6.45) is 7.13. The van der Waals surface area contributed by atoms with E-state index in [4.69, 9.17) is 0 Å². The molecule has 0 amide bonds. The van der Waals surface area contributed by atoms with E-state index in [0.29, 0.717) is 5.92 Å². The normalized spacial score (nSPS) is 19.6. The third kappa shape index (κ3) is 2.20. The molecule has 0 spiro atoms. The Balaban J connectivity index is 2.09. The molecule has 1 saturated carbocycles. The molecule has 1 aromatic rings. The molecule has 84 valence electrons. The molecule has 0 bridgehead atoms. The lowest BCUT2D eigenvalue weighted by molar-refractivity contribution is 0.102. The number of aliphatic hydroxyl groups is 1. The molecule has 1 atom stereocenters. The second-order valence-corrected chi connectivity index (χ2v) is 4.37. The van der Waals surface area contributed by atoms with Crippen molar-refractivity contribution in [1.29, 1.82) is 0 Å². The zero-order chi connectivity index (χ0) is 10.7. The van der Waals surface area contributed by atoms with E-state index in [1.807, 2.05) is 4.68 Å². The van der Waals surface area contributed by atoms with Gasteiger partial charge in [0.1, 0.15) is 6.10 Å². The van der Waals surface area contributed by atoms with Gasteiger partial charge in [-0.25, -0.2) is 4.68 Å². The van der Waals surface area contributed by atoms with Gasteiger partial charge in [-0.05, 0) is 25.2 Å². The summed E-state index contributed by atoms with van der Waals surface area (Å²) in [6, 6.07) is 0. The molecule has 15 heavy (non-hydrogen) atoms. The predicted molar refractivity (Wildman–Crippen MR) is 57.2 cm³/mol. The lowest BCUT2D eigenvalue weighted by atomic mass is 9.98. The summed E-state index contributed by atoms with van der Waals surface area (Å²) >= 11 is 0. The van der Waals surface area contributed by atoms with Crippen molar-refractivity contribution in [2.45, 2.75) is 51.7 Å². The number of aliphatic hydroxyl groups excluding tert-OH is 1. The maximum absolute atomic E-state index is 10.2. The number of aromatic nitrogens is 3. The van der Waals surface area contributed by atoms with Crippen molar-refractivity contribution >= 4 is 0 Å². The molecule has 4 nitrogen and oxygen atoms in total. The number of aryl methyl sites for hydroxylation is 1. The van der Waals surface area contributed by atoms with Crippen LogP contribution in [0.1, 0.15) is 50.8 Å². The Labute approximate surface area is 90.3 Å². The molecule has 1 unspecified atom stereocenters. The Hall–Kier alpha value is -0.900. The lowest BCUT2D eigenvalue weighted by Crippen LogP contribution is -2.15. The molecule has 1 aliphatic rings. The molecular weight excluding hydrogens is 190 g/mol. The predicted octanol–water partition coefficient (Wildman–Crippen LogP) is 1.91. The van der Waals surface area contributed by atoms with Gasteiger partial charge >= 0.3 is 0 Å². The van der Waals surface area contributed by atoms with Crippen molar-refractivity contribution in [1.82, 2.24) is 15.0 Å². The number of nitrogens with zero attached hydrogens (tertiary/aromatic N) is 3. The molecule has 4 heteroatoms. The minimum atomic E-state index is -0.367. The molecule has 0 saturated heterocycles. The highest BCUT2D eigenvalue weighted by Crippen LogP contribution is 2.35. The monoisotopic (exact) mass is 209 g/mol. The number of hydrogen-bond donors (Lipinski definition) is 1. The van der Waals surface area contributed by atoms with Gasteiger partial charge in [-0.1, -0.05) is 25.0 Å². The molecule has 1 aliphatic carbocycles. The summed E-state index contributed by atoms with van der Waals surface area (Å²) < 4.78 is 1.84. The highest BCUT2D eigenvalue weighted by molar-refractivity contribution is 5.01.